The highest BCUT2D eigenvalue weighted by Gasteiger charge is 2.11. The van der Waals surface area contributed by atoms with Crippen molar-refractivity contribution < 1.29 is 4.79 Å². The van der Waals surface area contributed by atoms with E-state index in [4.69, 9.17) is 5.73 Å². The number of hydrogen-bond donors (Lipinski definition) is 2. The number of amides is 1. The third-order valence-corrected chi connectivity index (χ3v) is 3.65. The van der Waals surface area contributed by atoms with E-state index in [1.807, 2.05) is 49.6 Å². The number of thioether (sulfide) groups is 1. The summed E-state index contributed by atoms with van der Waals surface area (Å²) in [7, 11) is 0. The first-order chi connectivity index (χ1) is 9.11. The molecule has 2 rings (SSSR count). The molecule has 0 aliphatic carbocycles. The van der Waals surface area contributed by atoms with Gasteiger partial charge in [-0.15, -0.1) is 11.8 Å². The van der Waals surface area contributed by atoms with Gasteiger partial charge in [0.1, 0.15) is 0 Å². The Balaban J connectivity index is 2.26. The van der Waals surface area contributed by atoms with E-state index in [-0.39, 0.29) is 5.91 Å². The Morgan fingerprint density at radius 3 is 2.63 bits per heavy atom. The van der Waals surface area contributed by atoms with Crippen LogP contribution in [-0.2, 0) is 0 Å². The fourth-order valence-electron chi connectivity index (χ4n) is 1.85. The normalized spacial score (nSPS) is 10.2. The molecule has 0 atom stereocenters. The van der Waals surface area contributed by atoms with Gasteiger partial charge >= 0.3 is 0 Å². The molecule has 2 aromatic rings. The summed E-state index contributed by atoms with van der Waals surface area (Å²) >= 11 is 1.56. The van der Waals surface area contributed by atoms with Gasteiger partial charge in [0, 0.05) is 16.3 Å². The highest BCUT2D eigenvalue weighted by atomic mass is 32.2. The van der Waals surface area contributed by atoms with Crippen molar-refractivity contribution in [3.8, 4) is 0 Å². The van der Waals surface area contributed by atoms with Gasteiger partial charge in [-0.05, 0) is 49.1 Å². The van der Waals surface area contributed by atoms with Gasteiger partial charge in [-0.25, -0.2) is 0 Å². The molecule has 0 bridgehead atoms. The van der Waals surface area contributed by atoms with Crippen LogP contribution < -0.4 is 11.1 Å². The van der Waals surface area contributed by atoms with Gasteiger partial charge in [-0.2, -0.15) is 0 Å². The van der Waals surface area contributed by atoms with Crippen LogP contribution in [0.4, 0.5) is 11.4 Å². The molecule has 0 unspecified atom stereocenters. The van der Waals surface area contributed by atoms with Gasteiger partial charge in [0.05, 0.1) is 5.56 Å². The summed E-state index contributed by atoms with van der Waals surface area (Å²) in [6.07, 6.45) is 1.96. The third-order valence-electron chi connectivity index (χ3n) is 2.85. The standard InChI is InChI=1S/C15H16N2OS/c1-10-9-11(16)7-8-13(10)17-15(18)12-5-3-4-6-14(12)19-2/h3-9H,16H2,1-2H3,(H,17,18). The number of hydrogen-bond acceptors (Lipinski definition) is 3. The van der Waals surface area contributed by atoms with E-state index in [0.717, 1.165) is 16.1 Å². The van der Waals surface area contributed by atoms with Crippen LogP contribution in [0.1, 0.15) is 15.9 Å². The van der Waals surface area contributed by atoms with Crippen LogP contribution in [0.2, 0.25) is 0 Å². The van der Waals surface area contributed by atoms with Crippen LogP contribution in [0.25, 0.3) is 0 Å². The smallest absolute Gasteiger partial charge is 0.256 e. The van der Waals surface area contributed by atoms with Gasteiger partial charge in [0.15, 0.2) is 0 Å². The lowest BCUT2D eigenvalue weighted by Gasteiger charge is -2.11. The number of anilines is 2. The lowest BCUT2D eigenvalue weighted by Crippen LogP contribution is -2.13. The van der Waals surface area contributed by atoms with Gasteiger partial charge in [0.2, 0.25) is 0 Å². The number of carbonyl (C=O) groups is 1. The second kappa shape index (κ2) is 5.80. The topological polar surface area (TPSA) is 55.1 Å². The third kappa shape index (κ3) is 3.09. The molecule has 3 N–H and O–H groups in total. The van der Waals surface area contributed by atoms with E-state index in [1.54, 1.807) is 17.8 Å². The van der Waals surface area contributed by atoms with Crippen molar-refractivity contribution >= 4 is 29.0 Å². The molecule has 1 amide bonds. The number of benzene rings is 2. The van der Waals surface area contributed by atoms with E-state index in [2.05, 4.69) is 5.32 Å². The van der Waals surface area contributed by atoms with Gasteiger partial charge < -0.3 is 11.1 Å². The van der Waals surface area contributed by atoms with E-state index < -0.39 is 0 Å². The van der Waals surface area contributed by atoms with Crippen molar-refractivity contribution in [2.75, 3.05) is 17.3 Å². The molecule has 0 saturated heterocycles. The first-order valence-electron chi connectivity index (χ1n) is 5.92. The Kier molecular flexibility index (Phi) is 4.12. The molecule has 0 aliphatic rings. The first kappa shape index (κ1) is 13.5. The van der Waals surface area contributed by atoms with Gasteiger partial charge in [-0.3, -0.25) is 4.79 Å². The highest BCUT2D eigenvalue weighted by molar-refractivity contribution is 7.98. The fourth-order valence-corrected chi connectivity index (χ4v) is 2.44. The van der Waals surface area contributed by atoms with E-state index in [9.17, 15) is 4.79 Å². The van der Waals surface area contributed by atoms with Crippen molar-refractivity contribution in [2.24, 2.45) is 0 Å². The number of nitrogens with two attached hydrogens (primary N) is 1. The summed E-state index contributed by atoms with van der Waals surface area (Å²) < 4.78 is 0. The van der Waals surface area contributed by atoms with Gasteiger partial charge in [-0.1, -0.05) is 12.1 Å². The molecule has 0 spiro atoms. The fraction of sp³-hybridized carbons (Fsp3) is 0.133. The number of carbonyl (C=O) groups excluding carboxylic acids is 1. The molecule has 0 fully saturated rings. The predicted molar refractivity (Wildman–Crippen MR) is 81.8 cm³/mol. The number of nitrogen functional groups attached to an aromatic ring is 1. The summed E-state index contributed by atoms with van der Waals surface area (Å²) in [5.41, 5.74) is 8.82. The number of rotatable bonds is 3. The zero-order valence-electron chi connectivity index (χ0n) is 10.9. The molecule has 0 aliphatic heterocycles. The first-order valence-corrected chi connectivity index (χ1v) is 7.15. The molecule has 3 nitrogen and oxygen atoms in total. The lowest BCUT2D eigenvalue weighted by atomic mass is 10.1. The summed E-state index contributed by atoms with van der Waals surface area (Å²) in [6.45, 7) is 1.92. The maximum absolute atomic E-state index is 12.3. The van der Waals surface area contributed by atoms with Crippen molar-refractivity contribution in [1.82, 2.24) is 0 Å². The Labute approximate surface area is 117 Å². The minimum Gasteiger partial charge on any atom is -0.399 e. The van der Waals surface area contributed by atoms with E-state index >= 15 is 0 Å². The largest absolute Gasteiger partial charge is 0.399 e. The van der Waals surface area contributed by atoms with Crippen LogP contribution >= 0.6 is 11.8 Å². The Bertz CT molecular complexity index is 611. The van der Waals surface area contributed by atoms with E-state index in [0.29, 0.717) is 11.3 Å². The molecule has 4 heteroatoms. The molecule has 0 heterocycles. The number of nitrogens with one attached hydrogen (secondary N) is 1. The van der Waals surface area contributed by atoms with Crippen LogP contribution in [0.15, 0.2) is 47.4 Å². The van der Waals surface area contributed by atoms with Crippen molar-refractivity contribution in [2.45, 2.75) is 11.8 Å². The maximum Gasteiger partial charge on any atom is 0.256 e. The van der Waals surface area contributed by atoms with Crippen LogP contribution in [0.5, 0.6) is 0 Å². The second-order valence-corrected chi connectivity index (χ2v) is 5.08. The minimum absolute atomic E-state index is 0.0992. The SMILES string of the molecule is CSc1ccccc1C(=O)Nc1ccc(N)cc1C. The molecule has 2 aromatic carbocycles. The summed E-state index contributed by atoms with van der Waals surface area (Å²) in [5, 5.41) is 2.92. The second-order valence-electron chi connectivity index (χ2n) is 4.23. The Hall–Kier alpha value is -1.94. The van der Waals surface area contributed by atoms with Crippen LogP contribution in [0, 0.1) is 6.92 Å². The number of aryl methyl sites for hydroxylation is 1. The highest BCUT2D eigenvalue weighted by Crippen LogP contribution is 2.23. The molecule has 0 radical (unpaired) electrons. The summed E-state index contributed by atoms with van der Waals surface area (Å²) in [6, 6.07) is 13.0. The van der Waals surface area contributed by atoms with Crippen LogP contribution in [-0.4, -0.2) is 12.2 Å². The molecule has 98 valence electrons. The lowest BCUT2D eigenvalue weighted by molar-refractivity contribution is 0.102. The Morgan fingerprint density at radius 1 is 1.21 bits per heavy atom. The van der Waals surface area contributed by atoms with Crippen molar-refractivity contribution in [3.05, 3.63) is 53.6 Å². The van der Waals surface area contributed by atoms with Crippen molar-refractivity contribution in [3.63, 3.8) is 0 Å². The molecule has 19 heavy (non-hydrogen) atoms. The molecule has 0 aromatic heterocycles. The average Bonchev–Trinajstić information content (AvgIpc) is 2.41. The summed E-state index contributed by atoms with van der Waals surface area (Å²) in [4.78, 5) is 13.2. The predicted octanol–water partition coefficient (Wildman–Crippen LogP) is 3.55. The quantitative estimate of drug-likeness (QED) is 0.663. The summed E-state index contributed by atoms with van der Waals surface area (Å²) in [5.74, 6) is -0.0992. The van der Waals surface area contributed by atoms with Gasteiger partial charge in [0.25, 0.3) is 5.91 Å². The monoisotopic (exact) mass is 272 g/mol. The molecular weight excluding hydrogens is 256 g/mol. The zero-order valence-corrected chi connectivity index (χ0v) is 11.8. The minimum atomic E-state index is -0.0992. The zero-order chi connectivity index (χ0) is 13.8. The Morgan fingerprint density at radius 2 is 1.95 bits per heavy atom. The molecular formula is C15H16N2OS. The van der Waals surface area contributed by atoms with E-state index in [1.165, 1.54) is 0 Å². The van der Waals surface area contributed by atoms with Crippen LogP contribution in [0.3, 0.4) is 0 Å². The van der Waals surface area contributed by atoms with Crippen molar-refractivity contribution in [1.29, 1.82) is 0 Å². The average molecular weight is 272 g/mol. The molecule has 0 saturated carbocycles. The maximum atomic E-state index is 12.3.